The summed E-state index contributed by atoms with van der Waals surface area (Å²) in [5, 5.41) is 2.98. The van der Waals surface area contributed by atoms with Crippen LogP contribution in [0.25, 0.3) is 0 Å². The lowest BCUT2D eigenvalue weighted by molar-refractivity contribution is -0.121. The highest BCUT2D eigenvalue weighted by Gasteiger charge is 2.31. The second kappa shape index (κ2) is 10.8. The van der Waals surface area contributed by atoms with Crippen molar-refractivity contribution in [2.24, 2.45) is 0 Å². The average molecular weight is 472 g/mol. The average Bonchev–Trinajstić information content (AvgIpc) is 2.83. The van der Waals surface area contributed by atoms with Gasteiger partial charge in [0, 0.05) is 31.9 Å². The smallest absolute Gasteiger partial charge is 0.243 e. The fourth-order valence-corrected chi connectivity index (χ4v) is 5.47. The molecule has 3 rings (SSSR count). The second-order valence-electron chi connectivity index (χ2n) is 9.26. The van der Waals surface area contributed by atoms with E-state index in [9.17, 15) is 13.2 Å². The van der Waals surface area contributed by atoms with Gasteiger partial charge in [-0.25, -0.2) is 8.42 Å². The molecule has 2 aromatic rings. The lowest BCUT2D eigenvalue weighted by Crippen LogP contribution is -2.53. The van der Waals surface area contributed by atoms with Crippen molar-refractivity contribution in [3.63, 3.8) is 0 Å². The number of benzene rings is 2. The molecule has 7 heteroatoms. The van der Waals surface area contributed by atoms with Crippen molar-refractivity contribution in [3.05, 3.63) is 59.7 Å². The minimum Gasteiger partial charge on any atom is -0.325 e. The number of sulfonamides is 1. The van der Waals surface area contributed by atoms with Crippen LogP contribution in [0.15, 0.2) is 53.4 Å². The molecule has 0 unspecified atom stereocenters. The van der Waals surface area contributed by atoms with Gasteiger partial charge in [0.15, 0.2) is 0 Å². The van der Waals surface area contributed by atoms with Gasteiger partial charge < -0.3 is 5.32 Å². The zero-order chi connectivity index (χ0) is 24.2. The van der Waals surface area contributed by atoms with Gasteiger partial charge in [-0.1, -0.05) is 52.0 Å². The van der Waals surface area contributed by atoms with E-state index in [1.165, 1.54) is 9.87 Å². The molecule has 1 aliphatic rings. The van der Waals surface area contributed by atoms with E-state index >= 15 is 0 Å². The normalized spacial score (nSPS) is 17.6. The third-order valence-corrected chi connectivity index (χ3v) is 8.66. The Kier molecular flexibility index (Phi) is 8.32. The summed E-state index contributed by atoms with van der Waals surface area (Å²) >= 11 is 0. The highest BCUT2D eigenvalue weighted by atomic mass is 32.2. The molecule has 180 valence electrons. The number of amides is 1. The fraction of sp³-hybridized carbons (Fsp3) is 0.500. The van der Waals surface area contributed by atoms with Crippen molar-refractivity contribution in [3.8, 4) is 0 Å². The van der Waals surface area contributed by atoms with E-state index in [-0.39, 0.29) is 11.9 Å². The predicted molar refractivity (Wildman–Crippen MR) is 134 cm³/mol. The number of rotatable bonds is 8. The minimum absolute atomic E-state index is 0.0794. The molecule has 1 aliphatic heterocycles. The van der Waals surface area contributed by atoms with Crippen molar-refractivity contribution in [1.82, 2.24) is 9.21 Å². The Labute approximate surface area is 199 Å². The first-order valence-corrected chi connectivity index (χ1v) is 13.3. The van der Waals surface area contributed by atoms with Gasteiger partial charge in [-0.05, 0) is 60.6 Å². The Bertz CT molecular complexity index is 1030. The molecule has 6 nitrogen and oxygen atoms in total. The number of nitrogens with one attached hydrogen (secondary N) is 1. The second-order valence-corrected chi connectivity index (χ2v) is 11.2. The Hall–Kier alpha value is -2.22. The topological polar surface area (TPSA) is 69.7 Å². The number of carbonyl (C=O) groups excluding carboxylic acids is 1. The van der Waals surface area contributed by atoms with Crippen LogP contribution in [-0.2, 0) is 14.8 Å². The number of carbonyl (C=O) groups is 1. The molecule has 1 amide bonds. The van der Waals surface area contributed by atoms with E-state index < -0.39 is 10.0 Å². The standard InChI is InChI=1S/C26H37N3O3S/c1-6-20(4)23-9-13-25(14-10-23)33(31,32)29-17-15-28(16-18-29)21(5)26(30)27-24-11-7-22(8-12-24)19(2)3/h7-14,19-21H,6,15-18H2,1-5H3,(H,27,30)/t20-,21+/m0/s1. The third-order valence-electron chi connectivity index (χ3n) is 6.74. The number of nitrogens with zero attached hydrogens (tertiary/aromatic N) is 2. The van der Waals surface area contributed by atoms with Crippen LogP contribution in [0.4, 0.5) is 5.69 Å². The molecule has 1 fully saturated rings. The zero-order valence-corrected chi connectivity index (χ0v) is 21.2. The highest BCUT2D eigenvalue weighted by molar-refractivity contribution is 7.89. The zero-order valence-electron chi connectivity index (χ0n) is 20.4. The van der Waals surface area contributed by atoms with Gasteiger partial charge in [0.25, 0.3) is 0 Å². The Morgan fingerprint density at radius 1 is 0.879 bits per heavy atom. The highest BCUT2D eigenvalue weighted by Crippen LogP contribution is 2.24. The molecule has 2 atom stereocenters. The van der Waals surface area contributed by atoms with Crippen LogP contribution in [0, 0.1) is 0 Å². The Morgan fingerprint density at radius 2 is 1.42 bits per heavy atom. The maximum absolute atomic E-state index is 13.1. The maximum atomic E-state index is 13.1. The van der Waals surface area contributed by atoms with Gasteiger partial charge in [-0.3, -0.25) is 9.69 Å². The molecule has 2 aromatic carbocycles. The van der Waals surface area contributed by atoms with Gasteiger partial charge in [-0.2, -0.15) is 4.31 Å². The molecule has 0 spiro atoms. The first-order chi connectivity index (χ1) is 15.6. The molecule has 1 saturated heterocycles. The predicted octanol–water partition coefficient (Wildman–Crippen LogP) is 4.66. The molecule has 1 heterocycles. The van der Waals surface area contributed by atoms with Crippen LogP contribution in [0.1, 0.15) is 64.0 Å². The SMILES string of the molecule is CC[C@H](C)c1ccc(S(=O)(=O)N2CCN([C@H](C)C(=O)Nc3ccc(C(C)C)cc3)CC2)cc1. The van der Waals surface area contributed by atoms with Crippen LogP contribution >= 0.6 is 0 Å². The van der Waals surface area contributed by atoms with Crippen molar-refractivity contribution in [2.45, 2.75) is 63.8 Å². The largest absolute Gasteiger partial charge is 0.325 e. The molecule has 0 radical (unpaired) electrons. The van der Waals surface area contributed by atoms with E-state index in [0.29, 0.717) is 42.9 Å². The number of piperazine rings is 1. The van der Waals surface area contributed by atoms with E-state index in [4.69, 9.17) is 0 Å². The summed E-state index contributed by atoms with van der Waals surface area (Å²) in [6, 6.07) is 14.8. The first-order valence-electron chi connectivity index (χ1n) is 11.9. The molecular formula is C26H37N3O3S. The van der Waals surface area contributed by atoms with Gasteiger partial charge in [-0.15, -0.1) is 0 Å². The van der Waals surface area contributed by atoms with Crippen LogP contribution in [0.5, 0.6) is 0 Å². The van der Waals surface area contributed by atoms with Gasteiger partial charge in [0.05, 0.1) is 10.9 Å². The van der Waals surface area contributed by atoms with Gasteiger partial charge >= 0.3 is 0 Å². The maximum Gasteiger partial charge on any atom is 0.243 e. The van der Waals surface area contributed by atoms with Crippen molar-refractivity contribution < 1.29 is 13.2 Å². The van der Waals surface area contributed by atoms with Crippen molar-refractivity contribution in [1.29, 1.82) is 0 Å². The van der Waals surface area contributed by atoms with Crippen LogP contribution in [-0.4, -0.2) is 55.8 Å². The summed E-state index contributed by atoms with van der Waals surface area (Å²) in [7, 11) is -3.53. The summed E-state index contributed by atoms with van der Waals surface area (Å²) in [5.41, 5.74) is 3.16. The van der Waals surface area contributed by atoms with E-state index in [1.54, 1.807) is 12.1 Å². The fourth-order valence-electron chi connectivity index (χ4n) is 4.05. The molecular weight excluding hydrogens is 434 g/mol. The molecule has 0 aliphatic carbocycles. The lowest BCUT2D eigenvalue weighted by Gasteiger charge is -2.36. The monoisotopic (exact) mass is 471 g/mol. The van der Waals surface area contributed by atoms with Crippen LogP contribution in [0.2, 0.25) is 0 Å². The van der Waals surface area contributed by atoms with Crippen molar-refractivity contribution >= 4 is 21.6 Å². The van der Waals surface area contributed by atoms with E-state index in [1.807, 2.05) is 48.2 Å². The number of anilines is 1. The molecule has 0 bridgehead atoms. The van der Waals surface area contributed by atoms with Crippen molar-refractivity contribution in [2.75, 3.05) is 31.5 Å². The Balaban J connectivity index is 1.57. The Morgan fingerprint density at radius 3 is 1.94 bits per heavy atom. The number of hydrogen-bond acceptors (Lipinski definition) is 4. The van der Waals surface area contributed by atoms with E-state index in [2.05, 4.69) is 33.0 Å². The first kappa shape index (κ1) is 25.4. The summed E-state index contributed by atoms with van der Waals surface area (Å²) in [5.74, 6) is 0.773. The summed E-state index contributed by atoms with van der Waals surface area (Å²) in [6.45, 7) is 12.2. The van der Waals surface area contributed by atoms with Gasteiger partial charge in [0.1, 0.15) is 0 Å². The van der Waals surface area contributed by atoms with E-state index in [0.717, 1.165) is 17.7 Å². The molecule has 1 N–H and O–H groups in total. The van der Waals surface area contributed by atoms with Gasteiger partial charge in [0.2, 0.25) is 15.9 Å². The van der Waals surface area contributed by atoms with Crippen LogP contribution in [0.3, 0.4) is 0 Å². The molecule has 0 aromatic heterocycles. The molecule has 33 heavy (non-hydrogen) atoms. The third kappa shape index (κ3) is 6.02. The summed E-state index contributed by atoms with van der Waals surface area (Å²) in [6.07, 6.45) is 1.02. The summed E-state index contributed by atoms with van der Waals surface area (Å²) < 4.78 is 27.7. The number of hydrogen-bond donors (Lipinski definition) is 1. The van der Waals surface area contributed by atoms with Crippen LogP contribution < -0.4 is 5.32 Å². The quantitative estimate of drug-likeness (QED) is 0.608. The molecule has 0 saturated carbocycles. The lowest BCUT2D eigenvalue weighted by atomic mass is 9.99. The summed E-state index contributed by atoms with van der Waals surface area (Å²) in [4.78, 5) is 15.1. The minimum atomic E-state index is -3.53.